The molecule has 0 saturated heterocycles. The fraction of sp³-hybridized carbons (Fsp3) is 0.467. The second kappa shape index (κ2) is 7.65. The Labute approximate surface area is 119 Å². The average Bonchev–Trinajstić information content (AvgIpc) is 2.46. The second-order valence-corrected chi connectivity index (χ2v) is 4.81. The van der Waals surface area contributed by atoms with Gasteiger partial charge in [-0.05, 0) is 24.5 Å². The van der Waals surface area contributed by atoms with E-state index in [0.29, 0.717) is 31.5 Å². The number of aromatic carboxylic acids is 1. The number of nitrogens with zero attached hydrogens (tertiary/aromatic N) is 1. The SMILES string of the molecule is CCC(CN)C(=O)N(C)CCc1ccccc1C(=O)O. The Morgan fingerprint density at radius 3 is 2.55 bits per heavy atom. The Hall–Kier alpha value is -1.88. The molecule has 0 aliphatic rings. The first-order valence-corrected chi connectivity index (χ1v) is 6.77. The van der Waals surface area contributed by atoms with E-state index < -0.39 is 5.97 Å². The quantitative estimate of drug-likeness (QED) is 0.789. The van der Waals surface area contributed by atoms with Gasteiger partial charge in [-0.2, -0.15) is 0 Å². The third-order valence-corrected chi connectivity index (χ3v) is 3.47. The summed E-state index contributed by atoms with van der Waals surface area (Å²) in [6.07, 6.45) is 1.23. The van der Waals surface area contributed by atoms with E-state index in [4.69, 9.17) is 10.8 Å². The molecular formula is C15H22N2O3. The number of amides is 1. The number of carbonyl (C=O) groups excluding carboxylic acids is 1. The number of carboxylic acids is 1. The highest BCUT2D eigenvalue weighted by Crippen LogP contribution is 2.11. The molecule has 1 atom stereocenters. The maximum absolute atomic E-state index is 12.1. The highest BCUT2D eigenvalue weighted by Gasteiger charge is 2.19. The molecule has 5 nitrogen and oxygen atoms in total. The van der Waals surface area contributed by atoms with Gasteiger partial charge in [-0.15, -0.1) is 0 Å². The first-order valence-electron chi connectivity index (χ1n) is 6.77. The molecule has 1 aromatic carbocycles. The van der Waals surface area contributed by atoms with Gasteiger partial charge in [0.15, 0.2) is 0 Å². The zero-order chi connectivity index (χ0) is 15.1. The minimum atomic E-state index is -0.942. The van der Waals surface area contributed by atoms with Crippen molar-refractivity contribution in [3.05, 3.63) is 35.4 Å². The summed E-state index contributed by atoms with van der Waals surface area (Å²) in [5.41, 5.74) is 6.60. The lowest BCUT2D eigenvalue weighted by atomic mass is 10.0. The molecule has 0 bridgehead atoms. The van der Waals surface area contributed by atoms with Crippen molar-refractivity contribution in [2.45, 2.75) is 19.8 Å². The lowest BCUT2D eigenvalue weighted by molar-refractivity contribution is -0.133. The van der Waals surface area contributed by atoms with Gasteiger partial charge in [-0.3, -0.25) is 4.79 Å². The maximum Gasteiger partial charge on any atom is 0.335 e. The van der Waals surface area contributed by atoms with Crippen molar-refractivity contribution in [1.29, 1.82) is 0 Å². The summed E-state index contributed by atoms with van der Waals surface area (Å²) in [6, 6.07) is 6.86. The molecule has 0 radical (unpaired) electrons. The standard InChI is InChI=1S/C15H22N2O3/c1-3-11(10-16)14(18)17(2)9-8-12-6-4-5-7-13(12)15(19)20/h4-7,11H,3,8-10,16H2,1-2H3,(H,19,20). The smallest absolute Gasteiger partial charge is 0.335 e. The largest absolute Gasteiger partial charge is 0.478 e. The normalized spacial score (nSPS) is 11.9. The molecule has 1 amide bonds. The number of hydrogen-bond acceptors (Lipinski definition) is 3. The van der Waals surface area contributed by atoms with Crippen LogP contribution in [0, 0.1) is 5.92 Å². The molecule has 0 aliphatic heterocycles. The van der Waals surface area contributed by atoms with Crippen LogP contribution in [-0.4, -0.2) is 42.0 Å². The van der Waals surface area contributed by atoms with Gasteiger partial charge in [-0.1, -0.05) is 25.1 Å². The Kier molecular flexibility index (Phi) is 6.18. The molecule has 0 spiro atoms. The van der Waals surface area contributed by atoms with Crippen LogP contribution in [0.5, 0.6) is 0 Å². The predicted molar refractivity (Wildman–Crippen MR) is 77.6 cm³/mol. The molecule has 1 unspecified atom stereocenters. The van der Waals surface area contributed by atoms with Gasteiger partial charge in [0.25, 0.3) is 0 Å². The summed E-state index contributed by atoms with van der Waals surface area (Å²) in [7, 11) is 1.73. The van der Waals surface area contributed by atoms with Gasteiger partial charge in [0.2, 0.25) is 5.91 Å². The van der Waals surface area contributed by atoms with Crippen molar-refractivity contribution in [3.63, 3.8) is 0 Å². The van der Waals surface area contributed by atoms with Crippen molar-refractivity contribution in [3.8, 4) is 0 Å². The van der Waals surface area contributed by atoms with E-state index in [1.807, 2.05) is 6.92 Å². The topological polar surface area (TPSA) is 83.6 Å². The Morgan fingerprint density at radius 1 is 1.35 bits per heavy atom. The number of hydrogen-bond donors (Lipinski definition) is 2. The Morgan fingerprint density at radius 2 is 2.00 bits per heavy atom. The van der Waals surface area contributed by atoms with Gasteiger partial charge < -0.3 is 15.7 Å². The number of rotatable bonds is 7. The number of nitrogens with two attached hydrogens (primary N) is 1. The fourth-order valence-corrected chi connectivity index (χ4v) is 2.10. The van der Waals surface area contributed by atoms with Crippen molar-refractivity contribution >= 4 is 11.9 Å². The fourth-order valence-electron chi connectivity index (χ4n) is 2.10. The van der Waals surface area contributed by atoms with E-state index in [9.17, 15) is 9.59 Å². The summed E-state index contributed by atoms with van der Waals surface area (Å²) in [5.74, 6) is -1.08. The molecule has 0 heterocycles. The van der Waals surface area contributed by atoms with Crippen LogP contribution < -0.4 is 5.73 Å². The number of carboxylic acid groups (broad SMARTS) is 1. The molecule has 0 aromatic heterocycles. The van der Waals surface area contributed by atoms with E-state index in [1.54, 1.807) is 36.2 Å². The van der Waals surface area contributed by atoms with Crippen molar-refractivity contribution in [2.24, 2.45) is 11.7 Å². The van der Waals surface area contributed by atoms with E-state index in [2.05, 4.69) is 0 Å². The van der Waals surface area contributed by atoms with Crippen molar-refractivity contribution in [1.82, 2.24) is 4.90 Å². The predicted octanol–water partition coefficient (Wildman–Crippen LogP) is 1.37. The zero-order valence-electron chi connectivity index (χ0n) is 12.0. The molecule has 3 N–H and O–H groups in total. The molecule has 0 fully saturated rings. The van der Waals surface area contributed by atoms with Gasteiger partial charge in [0.05, 0.1) is 11.5 Å². The molecule has 20 heavy (non-hydrogen) atoms. The lowest BCUT2D eigenvalue weighted by Gasteiger charge is -2.22. The van der Waals surface area contributed by atoms with E-state index in [0.717, 1.165) is 5.56 Å². The molecule has 0 aliphatic carbocycles. The molecule has 1 aromatic rings. The molecule has 1 rings (SSSR count). The van der Waals surface area contributed by atoms with Gasteiger partial charge in [0.1, 0.15) is 0 Å². The second-order valence-electron chi connectivity index (χ2n) is 4.81. The summed E-state index contributed by atoms with van der Waals surface area (Å²) in [6.45, 7) is 2.76. The van der Waals surface area contributed by atoms with Crippen LogP contribution >= 0.6 is 0 Å². The van der Waals surface area contributed by atoms with Crippen LogP contribution in [0.15, 0.2) is 24.3 Å². The monoisotopic (exact) mass is 278 g/mol. The maximum atomic E-state index is 12.1. The van der Waals surface area contributed by atoms with Crippen molar-refractivity contribution < 1.29 is 14.7 Å². The van der Waals surface area contributed by atoms with Gasteiger partial charge in [0, 0.05) is 20.1 Å². The molecule has 110 valence electrons. The number of likely N-dealkylation sites (N-methyl/N-ethyl adjacent to an activating group) is 1. The first kappa shape index (κ1) is 16.2. The van der Waals surface area contributed by atoms with E-state index >= 15 is 0 Å². The zero-order valence-corrected chi connectivity index (χ0v) is 12.0. The van der Waals surface area contributed by atoms with Crippen LogP contribution in [-0.2, 0) is 11.2 Å². The van der Waals surface area contributed by atoms with Crippen LogP contribution in [0.25, 0.3) is 0 Å². The van der Waals surface area contributed by atoms with E-state index in [1.165, 1.54) is 0 Å². The van der Waals surface area contributed by atoms with Gasteiger partial charge >= 0.3 is 5.97 Å². The first-order chi connectivity index (χ1) is 9.51. The Bertz CT molecular complexity index is 470. The van der Waals surface area contributed by atoms with Crippen molar-refractivity contribution in [2.75, 3.05) is 20.1 Å². The third kappa shape index (κ3) is 4.06. The van der Waals surface area contributed by atoms with Crippen LogP contribution in [0.2, 0.25) is 0 Å². The summed E-state index contributed by atoms with van der Waals surface area (Å²) in [5, 5.41) is 9.11. The van der Waals surface area contributed by atoms with E-state index in [-0.39, 0.29) is 11.8 Å². The summed E-state index contributed by atoms with van der Waals surface area (Å²) < 4.78 is 0. The minimum absolute atomic E-state index is 0.0165. The molecular weight excluding hydrogens is 256 g/mol. The lowest BCUT2D eigenvalue weighted by Crippen LogP contribution is -2.37. The Balaban J connectivity index is 2.68. The highest BCUT2D eigenvalue weighted by atomic mass is 16.4. The summed E-state index contributed by atoms with van der Waals surface area (Å²) in [4.78, 5) is 24.8. The van der Waals surface area contributed by atoms with Crippen LogP contribution in [0.4, 0.5) is 0 Å². The third-order valence-electron chi connectivity index (χ3n) is 3.47. The minimum Gasteiger partial charge on any atom is -0.478 e. The number of carbonyl (C=O) groups is 2. The van der Waals surface area contributed by atoms with Crippen LogP contribution in [0.1, 0.15) is 29.3 Å². The van der Waals surface area contributed by atoms with Gasteiger partial charge in [-0.25, -0.2) is 4.79 Å². The molecule has 5 heteroatoms. The highest BCUT2D eigenvalue weighted by molar-refractivity contribution is 5.89. The number of benzene rings is 1. The average molecular weight is 278 g/mol. The van der Waals surface area contributed by atoms with Crippen LogP contribution in [0.3, 0.4) is 0 Å². The molecule has 0 saturated carbocycles. The summed E-state index contributed by atoms with van der Waals surface area (Å²) >= 11 is 0.